The number of rotatable bonds is 1. The number of hydrogen-bond donors (Lipinski definition) is 2. The minimum absolute atomic E-state index is 0.0899. The van der Waals surface area contributed by atoms with Gasteiger partial charge in [0.15, 0.2) is 0 Å². The number of ether oxygens (including phenoxy) is 1. The van der Waals surface area contributed by atoms with E-state index in [1.54, 1.807) is 6.92 Å². The highest BCUT2D eigenvalue weighted by molar-refractivity contribution is 5.82. The Hall–Kier alpha value is -0.450. The number of nitrogens with one attached hydrogen (secondary N) is 1. The van der Waals surface area contributed by atoms with Crippen molar-refractivity contribution in [2.24, 2.45) is 11.8 Å². The molecule has 0 aromatic carbocycles. The lowest BCUT2D eigenvalue weighted by molar-refractivity contribution is -0.120. The molecule has 0 aromatic heterocycles. The summed E-state index contributed by atoms with van der Waals surface area (Å²) in [6.45, 7) is 2.71. The molecule has 2 aliphatic heterocycles. The Bertz CT molecular complexity index is 206. The highest BCUT2D eigenvalue weighted by Gasteiger charge is 2.47. The molecule has 2 saturated heterocycles. The van der Waals surface area contributed by atoms with Gasteiger partial charge in [-0.1, -0.05) is 0 Å². The van der Waals surface area contributed by atoms with E-state index in [2.05, 4.69) is 5.32 Å². The summed E-state index contributed by atoms with van der Waals surface area (Å²) in [6, 6.07) is -0.201. The van der Waals surface area contributed by atoms with Crippen molar-refractivity contribution < 1.29 is 14.6 Å². The predicted molar refractivity (Wildman–Crippen MR) is 41.4 cm³/mol. The fourth-order valence-corrected chi connectivity index (χ4v) is 2.11. The van der Waals surface area contributed by atoms with Crippen molar-refractivity contribution in [2.75, 3.05) is 13.2 Å². The smallest absolute Gasteiger partial charge is 0.147 e. The number of carbonyl (C=O) groups is 1. The topological polar surface area (TPSA) is 58.6 Å². The minimum Gasteiger partial charge on any atom is -0.381 e. The highest BCUT2D eigenvalue weighted by Crippen LogP contribution is 2.32. The first kappa shape index (κ1) is 8.16. The zero-order valence-electron chi connectivity index (χ0n) is 6.99. The lowest BCUT2D eigenvalue weighted by Gasteiger charge is -2.12. The fourth-order valence-electron chi connectivity index (χ4n) is 2.11. The Morgan fingerprint density at radius 1 is 1.50 bits per heavy atom. The Labute approximate surface area is 70.9 Å². The van der Waals surface area contributed by atoms with Crippen LogP contribution >= 0.6 is 0 Å². The van der Waals surface area contributed by atoms with E-state index in [9.17, 15) is 9.90 Å². The van der Waals surface area contributed by atoms with Crippen molar-refractivity contribution in [3.63, 3.8) is 0 Å². The van der Waals surface area contributed by atoms with E-state index in [1.165, 1.54) is 0 Å². The Morgan fingerprint density at radius 3 is 2.83 bits per heavy atom. The number of aliphatic hydroxyl groups is 1. The van der Waals surface area contributed by atoms with Gasteiger partial charge in [-0.2, -0.15) is 0 Å². The lowest BCUT2D eigenvalue weighted by atomic mass is 9.92. The van der Waals surface area contributed by atoms with Crippen LogP contribution in [0.1, 0.15) is 6.92 Å². The zero-order chi connectivity index (χ0) is 8.72. The molecule has 0 bridgehead atoms. The van der Waals surface area contributed by atoms with Crippen LogP contribution in [0.25, 0.3) is 0 Å². The van der Waals surface area contributed by atoms with E-state index in [1.807, 2.05) is 0 Å². The van der Waals surface area contributed by atoms with E-state index in [0.717, 1.165) is 0 Å². The average molecular weight is 171 g/mol. The van der Waals surface area contributed by atoms with Gasteiger partial charge in [-0.15, -0.1) is 0 Å². The summed E-state index contributed by atoms with van der Waals surface area (Å²) in [6.07, 6.45) is -0.564. The first-order valence-corrected chi connectivity index (χ1v) is 4.22. The van der Waals surface area contributed by atoms with Crippen LogP contribution < -0.4 is 5.32 Å². The second-order valence-corrected chi connectivity index (χ2v) is 3.56. The third-order valence-electron chi connectivity index (χ3n) is 2.79. The molecule has 2 fully saturated rings. The van der Waals surface area contributed by atoms with Crippen molar-refractivity contribution in [1.29, 1.82) is 0 Å². The SMILES string of the molecule is CC(=O)[C@H]1NC(O)[C@@H]2COC[C@H]12. The Kier molecular flexibility index (Phi) is 1.90. The summed E-state index contributed by atoms with van der Waals surface area (Å²) in [5.74, 6) is 0.378. The van der Waals surface area contributed by atoms with Crippen LogP contribution in [0, 0.1) is 11.8 Å². The zero-order valence-corrected chi connectivity index (χ0v) is 6.99. The van der Waals surface area contributed by atoms with Crippen LogP contribution in [-0.2, 0) is 9.53 Å². The monoisotopic (exact) mass is 171 g/mol. The molecule has 0 radical (unpaired) electrons. The normalized spacial score (nSPS) is 46.2. The van der Waals surface area contributed by atoms with Crippen LogP contribution in [-0.4, -0.2) is 36.4 Å². The number of carbonyl (C=O) groups excluding carboxylic acids is 1. The molecule has 4 nitrogen and oxygen atoms in total. The Morgan fingerprint density at radius 2 is 2.17 bits per heavy atom. The largest absolute Gasteiger partial charge is 0.381 e. The molecule has 2 rings (SSSR count). The minimum atomic E-state index is -0.564. The molecule has 0 aliphatic carbocycles. The summed E-state index contributed by atoms with van der Waals surface area (Å²) >= 11 is 0. The van der Waals surface area contributed by atoms with Crippen molar-refractivity contribution in [1.82, 2.24) is 5.32 Å². The van der Waals surface area contributed by atoms with Gasteiger partial charge in [0.1, 0.15) is 12.0 Å². The van der Waals surface area contributed by atoms with Gasteiger partial charge in [0.05, 0.1) is 19.3 Å². The van der Waals surface area contributed by atoms with Crippen molar-refractivity contribution >= 4 is 5.78 Å². The molecule has 12 heavy (non-hydrogen) atoms. The summed E-state index contributed by atoms with van der Waals surface area (Å²) in [4.78, 5) is 11.1. The molecule has 2 heterocycles. The van der Waals surface area contributed by atoms with Gasteiger partial charge in [-0.25, -0.2) is 0 Å². The molecule has 0 spiro atoms. The molecule has 0 saturated carbocycles. The number of Topliss-reactive ketones (excluding diaryl/α,β-unsaturated/α-hetero) is 1. The summed E-state index contributed by atoms with van der Waals surface area (Å²) in [5, 5.41) is 12.4. The predicted octanol–water partition coefficient (Wildman–Crippen LogP) is -0.872. The number of hydrogen-bond acceptors (Lipinski definition) is 4. The van der Waals surface area contributed by atoms with Gasteiger partial charge in [-0.3, -0.25) is 10.1 Å². The van der Waals surface area contributed by atoms with Crippen LogP contribution in [0.5, 0.6) is 0 Å². The van der Waals surface area contributed by atoms with Gasteiger partial charge < -0.3 is 9.84 Å². The maximum Gasteiger partial charge on any atom is 0.147 e. The first-order chi connectivity index (χ1) is 5.70. The van der Waals surface area contributed by atoms with Crippen LogP contribution in [0.3, 0.4) is 0 Å². The molecule has 2 aliphatic rings. The van der Waals surface area contributed by atoms with Gasteiger partial charge in [0.2, 0.25) is 0 Å². The maximum absolute atomic E-state index is 11.1. The molecular weight excluding hydrogens is 158 g/mol. The molecule has 1 unspecified atom stereocenters. The average Bonchev–Trinajstić information content (AvgIpc) is 2.53. The van der Waals surface area contributed by atoms with Gasteiger partial charge >= 0.3 is 0 Å². The summed E-state index contributed by atoms with van der Waals surface area (Å²) in [5.41, 5.74) is 0. The van der Waals surface area contributed by atoms with Gasteiger partial charge in [0, 0.05) is 11.8 Å². The molecule has 4 heteroatoms. The maximum atomic E-state index is 11.1. The molecule has 0 amide bonds. The third kappa shape index (κ3) is 1.07. The molecule has 4 atom stereocenters. The number of aliphatic hydroxyl groups excluding tert-OH is 1. The highest BCUT2D eigenvalue weighted by atomic mass is 16.5. The van der Waals surface area contributed by atoms with E-state index in [4.69, 9.17) is 4.74 Å². The van der Waals surface area contributed by atoms with Crippen LogP contribution in [0.15, 0.2) is 0 Å². The third-order valence-corrected chi connectivity index (χ3v) is 2.79. The van der Waals surface area contributed by atoms with Gasteiger partial charge in [-0.05, 0) is 6.92 Å². The second-order valence-electron chi connectivity index (χ2n) is 3.56. The van der Waals surface area contributed by atoms with Crippen molar-refractivity contribution in [3.8, 4) is 0 Å². The van der Waals surface area contributed by atoms with E-state index < -0.39 is 6.23 Å². The molecular formula is C8H13NO3. The van der Waals surface area contributed by atoms with E-state index in [0.29, 0.717) is 13.2 Å². The lowest BCUT2D eigenvalue weighted by Crippen LogP contribution is -2.38. The molecule has 68 valence electrons. The molecule has 0 aromatic rings. The standard InChI is InChI=1S/C8H13NO3/c1-4(10)7-5-2-12-3-6(5)8(11)9-7/h5-9,11H,2-3H2,1H3/t5-,6+,7+,8?/m0/s1. The summed E-state index contributed by atoms with van der Waals surface area (Å²) < 4.78 is 5.21. The van der Waals surface area contributed by atoms with Gasteiger partial charge in [0.25, 0.3) is 0 Å². The van der Waals surface area contributed by atoms with Crippen molar-refractivity contribution in [2.45, 2.75) is 19.2 Å². The van der Waals surface area contributed by atoms with Crippen molar-refractivity contribution in [3.05, 3.63) is 0 Å². The first-order valence-electron chi connectivity index (χ1n) is 4.22. The quantitative estimate of drug-likeness (QED) is 0.538. The van der Waals surface area contributed by atoms with Crippen LogP contribution in [0.4, 0.5) is 0 Å². The number of fused-ring (bicyclic) bond motifs is 1. The number of ketones is 1. The van der Waals surface area contributed by atoms with Crippen LogP contribution in [0.2, 0.25) is 0 Å². The fraction of sp³-hybridized carbons (Fsp3) is 0.875. The second kappa shape index (κ2) is 2.80. The van der Waals surface area contributed by atoms with E-state index in [-0.39, 0.29) is 23.7 Å². The van der Waals surface area contributed by atoms with E-state index >= 15 is 0 Å². The molecule has 2 N–H and O–H groups in total. The Balaban J connectivity index is 2.14. The summed E-state index contributed by atoms with van der Waals surface area (Å²) in [7, 11) is 0.